The molecule has 2 N–H and O–H groups in total. The molecule has 0 spiro atoms. The number of aliphatic hydroxyl groups is 1. The summed E-state index contributed by atoms with van der Waals surface area (Å²) in [5.41, 5.74) is 0.297. The lowest BCUT2D eigenvalue weighted by Gasteiger charge is -2.38. The Bertz CT molecular complexity index is 274. The molecule has 3 atom stereocenters. The highest BCUT2D eigenvalue weighted by molar-refractivity contribution is 4.83. The van der Waals surface area contributed by atoms with Crippen molar-refractivity contribution in [2.75, 3.05) is 20.3 Å². The van der Waals surface area contributed by atoms with Crippen molar-refractivity contribution in [3.8, 4) is 0 Å². The largest absolute Gasteiger partial charge is 0.394 e. The number of hydrogen-bond acceptors (Lipinski definition) is 3. The molecule has 20 heavy (non-hydrogen) atoms. The van der Waals surface area contributed by atoms with E-state index in [0.29, 0.717) is 11.5 Å². The lowest BCUT2D eigenvalue weighted by atomic mass is 9.71. The van der Waals surface area contributed by atoms with E-state index in [1.165, 1.54) is 19.3 Å². The normalized spacial score (nSPS) is 29.1. The lowest BCUT2D eigenvalue weighted by Crippen LogP contribution is -2.43. The number of unbranched alkanes of at least 4 members (excludes halogenated alkanes) is 1. The van der Waals surface area contributed by atoms with E-state index in [2.05, 4.69) is 33.0 Å². The molecule has 1 rings (SSSR count). The first-order chi connectivity index (χ1) is 9.30. The standard InChI is InChI=1S/C17H35NO2/c1-14-10-15(12-16(2,3)11-14)20-9-7-6-8-17(4,13-19)18-5/h14-15,18-19H,6-13H2,1-5H3. The third kappa shape index (κ3) is 6.11. The maximum Gasteiger partial charge on any atom is 0.0610 e. The monoisotopic (exact) mass is 285 g/mol. The Balaban J connectivity index is 2.18. The number of hydrogen-bond donors (Lipinski definition) is 2. The zero-order valence-electron chi connectivity index (χ0n) is 14.2. The molecule has 3 unspecified atom stereocenters. The summed E-state index contributed by atoms with van der Waals surface area (Å²) in [5, 5.41) is 12.5. The minimum absolute atomic E-state index is 0.138. The topological polar surface area (TPSA) is 41.5 Å². The highest BCUT2D eigenvalue weighted by Gasteiger charge is 2.32. The van der Waals surface area contributed by atoms with Gasteiger partial charge >= 0.3 is 0 Å². The van der Waals surface area contributed by atoms with Gasteiger partial charge in [0.05, 0.1) is 12.7 Å². The van der Waals surface area contributed by atoms with Crippen LogP contribution < -0.4 is 5.32 Å². The molecule has 120 valence electrons. The zero-order valence-corrected chi connectivity index (χ0v) is 14.2. The molecular weight excluding hydrogens is 250 g/mol. The van der Waals surface area contributed by atoms with Crippen LogP contribution in [0.25, 0.3) is 0 Å². The zero-order chi connectivity index (χ0) is 15.2. The van der Waals surface area contributed by atoms with Crippen molar-refractivity contribution >= 4 is 0 Å². The Morgan fingerprint density at radius 1 is 1.30 bits per heavy atom. The van der Waals surface area contributed by atoms with Gasteiger partial charge in [-0.25, -0.2) is 0 Å². The first-order valence-corrected chi connectivity index (χ1v) is 8.22. The third-order valence-corrected chi connectivity index (χ3v) is 4.78. The number of ether oxygens (including phenoxy) is 1. The molecule has 0 aromatic carbocycles. The summed E-state index contributed by atoms with van der Waals surface area (Å²) in [7, 11) is 1.91. The van der Waals surface area contributed by atoms with Gasteiger partial charge in [0.25, 0.3) is 0 Å². The molecule has 0 saturated heterocycles. The van der Waals surface area contributed by atoms with Crippen molar-refractivity contribution in [1.29, 1.82) is 0 Å². The number of likely N-dealkylation sites (N-methyl/N-ethyl adjacent to an activating group) is 1. The number of nitrogens with one attached hydrogen (secondary N) is 1. The van der Waals surface area contributed by atoms with Gasteiger partial charge in [-0.05, 0) is 63.8 Å². The summed E-state index contributed by atoms with van der Waals surface area (Å²) in [6, 6.07) is 0. The van der Waals surface area contributed by atoms with E-state index in [-0.39, 0.29) is 12.1 Å². The summed E-state index contributed by atoms with van der Waals surface area (Å²) in [6.07, 6.45) is 7.37. The van der Waals surface area contributed by atoms with Crippen LogP contribution in [0.1, 0.15) is 66.2 Å². The minimum atomic E-state index is -0.138. The predicted molar refractivity (Wildman–Crippen MR) is 84.9 cm³/mol. The van der Waals surface area contributed by atoms with Crippen LogP contribution in [0.15, 0.2) is 0 Å². The summed E-state index contributed by atoms with van der Waals surface area (Å²) >= 11 is 0. The van der Waals surface area contributed by atoms with Crippen LogP contribution >= 0.6 is 0 Å². The van der Waals surface area contributed by atoms with Gasteiger partial charge in [-0.15, -0.1) is 0 Å². The van der Waals surface area contributed by atoms with E-state index >= 15 is 0 Å². The fraction of sp³-hybridized carbons (Fsp3) is 1.00. The molecule has 1 aliphatic rings. The second-order valence-electron chi connectivity index (χ2n) is 7.83. The second-order valence-corrected chi connectivity index (χ2v) is 7.83. The van der Waals surface area contributed by atoms with Crippen LogP contribution in [0.4, 0.5) is 0 Å². The summed E-state index contributed by atoms with van der Waals surface area (Å²) in [4.78, 5) is 0. The van der Waals surface area contributed by atoms with E-state index in [9.17, 15) is 5.11 Å². The van der Waals surface area contributed by atoms with Crippen molar-refractivity contribution in [1.82, 2.24) is 5.32 Å². The fourth-order valence-electron chi connectivity index (χ4n) is 3.54. The van der Waals surface area contributed by atoms with E-state index in [1.807, 2.05) is 7.05 Å². The molecule has 0 radical (unpaired) electrons. The molecule has 1 aliphatic carbocycles. The summed E-state index contributed by atoms with van der Waals surface area (Å²) in [6.45, 7) is 10.2. The van der Waals surface area contributed by atoms with Crippen LogP contribution in [0.3, 0.4) is 0 Å². The SMILES string of the molecule is CNC(C)(CO)CCCCOC1CC(C)CC(C)(C)C1. The molecule has 0 heterocycles. The highest BCUT2D eigenvalue weighted by Crippen LogP contribution is 2.39. The van der Waals surface area contributed by atoms with Crippen LogP contribution in [0.2, 0.25) is 0 Å². The molecule has 0 aliphatic heterocycles. The summed E-state index contributed by atoms with van der Waals surface area (Å²) in [5.74, 6) is 0.783. The second kappa shape index (κ2) is 7.77. The maximum atomic E-state index is 9.34. The quantitative estimate of drug-likeness (QED) is 0.672. The molecule has 0 aromatic rings. The Morgan fingerprint density at radius 3 is 2.55 bits per heavy atom. The molecule has 1 saturated carbocycles. The molecule has 0 amide bonds. The number of rotatable bonds is 8. The van der Waals surface area contributed by atoms with E-state index in [0.717, 1.165) is 31.8 Å². The van der Waals surface area contributed by atoms with Crippen molar-refractivity contribution in [2.24, 2.45) is 11.3 Å². The third-order valence-electron chi connectivity index (χ3n) is 4.78. The minimum Gasteiger partial charge on any atom is -0.394 e. The molecular formula is C17H35NO2. The van der Waals surface area contributed by atoms with Gasteiger partial charge in [0, 0.05) is 12.1 Å². The van der Waals surface area contributed by atoms with Gasteiger partial charge in [0.1, 0.15) is 0 Å². The van der Waals surface area contributed by atoms with Crippen molar-refractivity contribution in [2.45, 2.75) is 77.9 Å². The molecule has 1 fully saturated rings. The van der Waals surface area contributed by atoms with Gasteiger partial charge in [0.15, 0.2) is 0 Å². The lowest BCUT2D eigenvalue weighted by molar-refractivity contribution is -0.0245. The van der Waals surface area contributed by atoms with Crippen LogP contribution in [0, 0.1) is 11.3 Å². The van der Waals surface area contributed by atoms with Crippen LogP contribution in [-0.2, 0) is 4.74 Å². The predicted octanol–water partition coefficient (Wildman–Crippen LogP) is 3.36. The highest BCUT2D eigenvalue weighted by atomic mass is 16.5. The van der Waals surface area contributed by atoms with Crippen LogP contribution in [-0.4, -0.2) is 37.0 Å². The smallest absolute Gasteiger partial charge is 0.0610 e. The molecule has 0 bridgehead atoms. The Hall–Kier alpha value is -0.120. The first kappa shape index (κ1) is 17.9. The average Bonchev–Trinajstić information content (AvgIpc) is 2.35. The van der Waals surface area contributed by atoms with Gasteiger partial charge in [-0.2, -0.15) is 0 Å². The Morgan fingerprint density at radius 2 is 2.00 bits per heavy atom. The van der Waals surface area contributed by atoms with Gasteiger partial charge in [0.2, 0.25) is 0 Å². The summed E-state index contributed by atoms with van der Waals surface area (Å²) < 4.78 is 6.09. The van der Waals surface area contributed by atoms with E-state index in [4.69, 9.17) is 4.74 Å². The molecule has 3 heteroatoms. The van der Waals surface area contributed by atoms with Crippen molar-refractivity contribution in [3.63, 3.8) is 0 Å². The molecule has 0 aromatic heterocycles. The molecule has 3 nitrogen and oxygen atoms in total. The van der Waals surface area contributed by atoms with Gasteiger partial charge < -0.3 is 15.2 Å². The van der Waals surface area contributed by atoms with E-state index in [1.54, 1.807) is 0 Å². The van der Waals surface area contributed by atoms with Gasteiger partial charge in [-0.1, -0.05) is 20.8 Å². The maximum absolute atomic E-state index is 9.34. The van der Waals surface area contributed by atoms with Crippen molar-refractivity contribution < 1.29 is 9.84 Å². The van der Waals surface area contributed by atoms with E-state index < -0.39 is 0 Å². The average molecular weight is 285 g/mol. The van der Waals surface area contributed by atoms with Gasteiger partial charge in [-0.3, -0.25) is 0 Å². The Labute approximate surface area is 125 Å². The van der Waals surface area contributed by atoms with Crippen LogP contribution in [0.5, 0.6) is 0 Å². The first-order valence-electron chi connectivity index (χ1n) is 8.22. The number of aliphatic hydroxyl groups excluding tert-OH is 1. The Kier molecular flexibility index (Phi) is 6.96. The van der Waals surface area contributed by atoms with Crippen molar-refractivity contribution in [3.05, 3.63) is 0 Å². The fourth-order valence-corrected chi connectivity index (χ4v) is 3.54.